The molecule has 21 heavy (non-hydrogen) atoms. The monoisotopic (exact) mass is 279 g/mol. The first-order valence-corrected chi connectivity index (χ1v) is 7.36. The molecule has 2 aromatic carbocycles. The zero-order valence-electron chi connectivity index (χ0n) is 11.6. The molecule has 0 spiro atoms. The maximum absolute atomic E-state index is 11.3. The maximum atomic E-state index is 11.3. The van der Waals surface area contributed by atoms with E-state index in [2.05, 4.69) is 39.6 Å². The number of hydrogen-bond donors (Lipinski definition) is 3. The Morgan fingerprint density at radius 1 is 1.05 bits per heavy atom. The van der Waals surface area contributed by atoms with E-state index >= 15 is 0 Å². The van der Waals surface area contributed by atoms with Crippen LogP contribution in [-0.4, -0.2) is 9.97 Å². The summed E-state index contributed by atoms with van der Waals surface area (Å²) in [7, 11) is 0. The van der Waals surface area contributed by atoms with Crippen molar-refractivity contribution in [3.8, 4) is 0 Å². The Bertz CT molecular complexity index is 846. The molecule has 1 aromatic heterocycles. The van der Waals surface area contributed by atoms with Crippen LogP contribution in [0.2, 0.25) is 0 Å². The second kappa shape index (κ2) is 4.81. The van der Waals surface area contributed by atoms with Gasteiger partial charge in [0, 0.05) is 5.69 Å². The summed E-state index contributed by atoms with van der Waals surface area (Å²) in [4.78, 5) is 16.9. The highest BCUT2D eigenvalue weighted by molar-refractivity contribution is 5.78. The number of aryl methyl sites for hydroxylation is 1. The van der Waals surface area contributed by atoms with Gasteiger partial charge in [-0.1, -0.05) is 24.3 Å². The lowest BCUT2D eigenvalue weighted by molar-refractivity contribution is 0.600. The minimum atomic E-state index is -0.162. The molecule has 0 saturated carbocycles. The van der Waals surface area contributed by atoms with Crippen LogP contribution in [0.4, 0.5) is 5.69 Å². The molecule has 1 aliphatic rings. The number of aromatic nitrogens is 2. The fourth-order valence-corrected chi connectivity index (χ4v) is 3.23. The Kier molecular flexibility index (Phi) is 2.81. The van der Waals surface area contributed by atoms with Crippen molar-refractivity contribution < 1.29 is 0 Å². The predicted molar refractivity (Wildman–Crippen MR) is 84.7 cm³/mol. The molecule has 1 heterocycles. The number of aromatic amines is 2. The van der Waals surface area contributed by atoms with Gasteiger partial charge >= 0.3 is 5.69 Å². The maximum Gasteiger partial charge on any atom is 0.323 e. The lowest BCUT2D eigenvalue weighted by atomic mass is 9.87. The van der Waals surface area contributed by atoms with Crippen LogP contribution in [0.1, 0.15) is 30.0 Å². The molecule has 1 unspecified atom stereocenters. The van der Waals surface area contributed by atoms with Crippen molar-refractivity contribution in [2.75, 3.05) is 5.32 Å². The highest BCUT2D eigenvalue weighted by atomic mass is 16.1. The first-order chi connectivity index (χ1) is 10.3. The third kappa shape index (κ3) is 2.23. The molecule has 4 heteroatoms. The van der Waals surface area contributed by atoms with Crippen molar-refractivity contribution in [2.24, 2.45) is 0 Å². The number of rotatable bonds is 2. The van der Waals surface area contributed by atoms with Crippen LogP contribution >= 0.6 is 0 Å². The fraction of sp³-hybridized carbons (Fsp3) is 0.235. The van der Waals surface area contributed by atoms with Crippen LogP contribution < -0.4 is 11.0 Å². The van der Waals surface area contributed by atoms with Gasteiger partial charge in [0.15, 0.2) is 0 Å². The summed E-state index contributed by atoms with van der Waals surface area (Å²) in [6, 6.07) is 14.9. The number of nitrogens with one attached hydrogen (secondary N) is 3. The molecule has 0 aliphatic heterocycles. The largest absolute Gasteiger partial charge is 0.378 e. The second-order valence-corrected chi connectivity index (χ2v) is 5.63. The van der Waals surface area contributed by atoms with Crippen molar-refractivity contribution >= 4 is 16.7 Å². The summed E-state index contributed by atoms with van der Waals surface area (Å²) in [5.74, 6) is 0. The molecule has 4 rings (SSSR count). The highest BCUT2D eigenvalue weighted by Crippen LogP contribution is 2.32. The van der Waals surface area contributed by atoms with Gasteiger partial charge < -0.3 is 15.3 Å². The van der Waals surface area contributed by atoms with Gasteiger partial charge in [-0.15, -0.1) is 0 Å². The number of H-pyrrole nitrogens is 2. The molecule has 1 aliphatic carbocycles. The van der Waals surface area contributed by atoms with Crippen LogP contribution in [0.15, 0.2) is 47.3 Å². The van der Waals surface area contributed by atoms with Gasteiger partial charge in [0.2, 0.25) is 0 Å². The topological polar surface area (TPSA) is 60.7 Å². The minimum absolute atomic E-state index is 0.162. The summed E-state index contributed by atoms with van der Waals surface area (Å²) in [6.07, 6.45) is 3.51. The summed E-state index contributed by atoms with van der Waals surface area (Å²) in [6.45, 7) is 0. The van der Waals surface area contributed by atoms with E-state index in [0.29, 0.717) is 6.04 Å². The third-order valence-corrected chi connectivity index (χ3v) is 4.23. The summed E-state index contributed by atoms with van der Waals surface area (Å²) in [5.41, 5.74) is 5.40. The van der Waals surface area contributed by atoms with Gasteiger partial charge in [-0.25, -0.2) is 4.79 Å². The normalized spacial score (nSPS) is 17.6. The van der Waals surface area contributed by atoms with E-state index in [4.69, 9.17) is 0 Å². The lowest BCUT2D eigenvalue weighted by Crippen LogP contribution is -2.17. The smallest absolute Gasteiger partial charge is 0.323 e. The van der Waals surface area contributed by atoms with Crippen molar-refractivity contribution in [1.29, 1.82) is 0 Å². The van der Waals surface area contributed by atoms with E-state index < -0.39 is 0 Å². The van der Waals surface area contributed by atoms with E-state index in [-0.39, 0.29) is 5.69 Å². The quantitative estimate of drug-likeness (QED) is 0.673. The third-order valence-electron chi connectivity index (χ3n) is 4.23. The number of hydrogen-bond acceptors (Lipinski definition) is 2. The standard InChI is InChI=1S/C17H17N3O/c21-17-19-15-9-8-12(10-16(15)20-17)18-14-7-3-5-11-4-1-2-6-13(11)14/h1-2,4,6,8-10,14,18H,3,5,7H2,(H2,19,20,21). The minimum Gasteiger partial charge on any atom is -0.378 e. The van der Waals surface area contributed by atoms with E-state index in [9.17, 15) is 4.79 Å². The van der Waals surface area contributed by atoms with Crippen LogP contribution in [0.3, 0.4) is 0 Å². The number of benzene rings is 2. The first kappa shape index (κ1) is 12.3. The molecule has 0 fully saturated rings. The molecule has 1 atom stereocenters. The van der Waals surface area contributed by atoms with Crippen molar-refractivity contribution in [1.82, 2.24) is 9.97 Å². The fourth-order valence-electron chi connectivity index (χ4n) is 3.23. The summed E-state index contributed by atoms with van der Waals surface area (Å²) < 4.78 is 0. The van der Waals surface area contributed by atoms with Gasteiger partial charge in [-0.05, 0) is 48.6 Å². The average molecular weight is 279 g/mol. The van der Waals surface area contributed by atoms with Crippen LogP contribution in [0.25, 0.3) is 11.0 Å². The van der Waals surface area contributed by atoms with E-state index in [1.54, 1.807) is 0 Å². The molecule has 3 N–H and O–H groups in total. The molecular formula is C17H17N3O. The Labute approximate surface area is 122 Å². The number of imidazole rings is 1. The van der Waals surface area contributed by atoms with Gasteiger partial charge in [0.1, 0.15) is 0 Å². The van der Waals surface area contributed by atoms with Gasteiger partial charge in [-0.3, -0.25) is 0 Å². The van der Waals surface area contributed by atoms with Crippen LogP contribution in [-0.2, 0) is 6.42 Å². The molecule has 0 radical (unpaired) electrons. The molecule has 3 aromatic rings. The zero-order chi connectivity index (χ0) is 14.2. The van der Waals surface area contributed by atoms with E-state index in [1.807, 2.05) is 18.2 Å². The van der Waals surface area contributed by atoms with Gasteiger partial charge in [-0.2, -0.15) is 0 Å². The highest BCUT2D eigenvalue weighted by Gasteiger charge is 2.19. The Morgan fingerprint density at radius 3 is 2.86 bits per heavy atom. The Balaban J connectivity index is 1.67. The SMILES string of the molecule is O=c1[nH]c2ccc(NC3CCCc4ccccc43)cc2[nH]1. The first-order valence-electron chi connectivity index (χ1n) is 7.36. The van der Waals surface area contributed by atoms with Crippen molar-refractivity contribution in [3.63, 3.8) is 0 Å². The molecule has 4 nitrogen and oxygen atoms in total. The summed E-state index contributed by atoms with van der Waals surface area (Å²) >= 11 is 0. The van der Waals surface area contributed by atoms with E-state index in [0.717, 1.165) is 23.1 Å². The number of anilines is 1. The van der Waals surface area contributed by atoms with Crippen molar-refractivity contribution in [3.05, 3.63) is 64.1 Å². The average Bonchev–Trinajstić information content (AvgIpc) is 2.87. The molecular weight excluding hydrogens is 262 g/mol. The Hall–Kier alpha value is -2.49. The second-order valence-electron chi connectivity index (χ2n) is 5.63. The Morgan fingerprint density at radius 2 is 1.90 bits per heavy atom. The van der Waals surface area contributed by atoms with E-state index in [1.165, 1.54) is 24.0 Å². The van der Waals surface area contributed by atoms with Crippen LogP contribution in [0, 0.1) is 0 Å². The predicted octanol–water partition coefficient (Wildman–Crippen LogP) is 3.35. The van der Waals surface area contributed by atoms with Crippen molar-refractivity contribution in [2.45, 2.75) is 25.3 Å². The lowest BCUT2D eigenvalue weighted by Gasteiger charge is -2.27. The molecule has 0 amide bonds. The summed E-state index contributed by atoms with van der Waals surface area (Å²) in [5, 5.41) is 3.60. The molecule has 0 bridgehead atoms. The van der Waals surface area contributed by atoms with Crippen LogP contribution in [0.5, 0.6) is 0 Å². The number of fused-ring (bicyclic) bond motifs is 2. The molecule has 0 saturated heterocycles. The van der Waals surface area contributed by atoms with Gasteiger partial charge in [0.05, 0.1) is 17.1 Å². The molecule has 106 valence electrons. The van der Waals surface area contributed by atoms with Gasteiger partial charge in [0.25, 0.3) is 0 Å². The zero-order valence-corrected chi connectivity index (χ0v) is 11.6.